The molecular weight excluding hydrogens is 246 g/mol. The average Bonchev–Trinajstić information content (AvgIpc) is 2.36. The van der Waals surface area contributed by atoms with Gasteiger partial charge in [0.1, 0.15) is 11.5 Å². The SMILES string of the molecule is O=C(NCc1cccnc1)Nc1cc(O)cc(O)c1. The maximum atomic E-state index is 11.6. The zero-order chi connectivity index (χ0) is 13.7. The Kier molecular flexibility index (Phi) is 3.82. The minimum atomic E-state index is -0.436. The van der Waals surface area contributed by atoms with Crippen LogP contribution in [0.3, 0.4) is 0 Å². The molecule has 0 bridgehead atoms. The number of benzene rings is 1. The van der Waals surface area contributed by atoms with Crippen LogP contribution in [0.15, 0.2) is 42.7 Å². The van der Waals surface area contributed by atoms with E-state index in [4.69, 9.17) is 0 Å². The van der Waals surface area contributed by atoms with Crippen molar-refractivity contribution >= 4 is 11.7 Å². The normalized spacial score (nSPS) is 9.89. The lowest BCUT2D eigenvalue weighted by atomic mass is 10.3. The van der Waals surface area contributed by atoms with Gasteiger partial charge in [0.25, 0.3) is 0 Å². The molecule has 0 fully saturated rings. The number of nitrogens with one attached hydrogen (secondary N) is 2. The molecule has 19 heavy (non-hydrogen) atoms. The third-order valence-corrected chi connectivity index (χ3v) is 2.34. The molecule has 0 radical (unpaired) electrons. The molecule has 4 N–H and O–H groups in total. The van der Waals surface area contributed by atoms with Gasteiger partial charge in [-0.1, -0.05) is 6.07 Å². The van der Waals surface area contributed by atoms with Gasteiger partial charge in [0.2, 0.25) is 0 Å². The number of aromatic nitrogens is 1. The van der Waals surface area contributed by atoms with E-state index in [9.17, 15) is 15.0 Å². The van der Waals surface area contributed by atoms with Crippen molar-refractivity contribution in [3.05, 3.63) is 48.3 Å². The second kappa shape index (κ2) is 5.72. The number of rotatable bonds is 3. The van der Waals surface area contributed by atoms with Crippen molar-refractivity contribution in [3.8, 4) is 11.5 Å². The van der Waals surface area contributed by atoms with Gasteiger partial charge in [0, 0.05) is 42.8 Å². The molecular formula is C13H13N3O3. The molecule has 1 aromatic carbocycles. The number of amides is 2. The predicted molar refractivity (Wildman–Crippen MR) is 69.9 cm³/mol. The summed E-state index contributed by atoms with van der Waals surface area (Å²) in [6, 6.07) is 7.04. The van der Waals surface area contributed by atoms with Crippen molar-refractivity contribution in [3.63, 3.8) is 0 Å². The van der Waals surface area contributed by atoms with Gasteiger partial charge in [-0.15, -0.1) is 0 Å². The molecule has 2 amide bonds. The fourth-order valence-electron chi connectivity index (χ4n) is 1.53. The number of carbonyl (C=O) groups excluding carboxylic acids is 1. The van der Waals surface area contributed by atoms with Gasteiger partial charge in [0.15, 0.2) is 0 Å². The molecule has 0 saturated heterocycles. The number of pyridine rings is 1. The Balaban J connectivity index is 1.91. The van der Waals surface area contributed by atoms with E-state index in [2.05, 4.69) is 15.6 Å². The Labute approximate surface area is 109 Å². The Morgan fingerprint density at radius 2 is 1.95 bits per heavy atom. The Morgan fingerprint density at radius 3 is 2.58 bits per heavy atom. The van der Waals surface area contributed by atoms with Crippen LogP contribution in [0.1, 0.15) is 5.56 Å². The summed E-state index contributed by atoms with van der Waals surface area (Å²) < 4.78 is 0. The molecule has 0 aliphatic carbocycles. The molecule has 0 aliphatic heterocycles. The van der Waals surface area contributed by atoms with E-state index in [1.807, 2.05) is 6.07 Å². The Hall–Kier alpha value is -2.76. The van der Waals surface area contributed by atoms with Gasteiger partial charge in [-0.2, -0.15) is 0 Å². The van der Waals surface area contributed by atoms with Crippen LogP contribution in [-0.4, -0.2) is 21.2 Å². The predicted octanol–water partition coefficient (Wildman–Crippen LogP) is 1.81. The molecule has 0 unspecified atom stereocenters. The van der Waals surface area contributed by atoms with Gasteiger partial charge < -0.3 is 20.8 Å². The lowest BCUT2D eigenvalue weighted by Gasteiger charge is -2.08. The first-order chi connectivity index (χ1) is 9.13. The van der Waals surface area contributed by atoms with Crippen molar-refractivity contribution in [2.45, 2.75) is 6.54 Å². The Morgan fingerprint density at radius 1 is 1.21 bits per heavy atom. The summed E-state index contributed by atoms with van der Waals surface area (Å²) in [5.41, 5.74) is 1.18. The van der Waals surface area contributed by atoms with Crippen molar-refractivity contribution in [2.75, 3.05) is 5.32 Å². The fraction of sp³-hybridized carbons (Fsp3) is 0.0769. The molecule has 6 nitrogen and oxygen atoms in total. The molecule has 2 rings (SSSR count). The summed E-state index contributed by atoms with van der Waals surface area (Å²) in [6.07, 6.45) is 3.31. The van der Waals surface area contributed by atoms with Gasteiger partial charge in [-0.3, -0.25) is 4.98 Å². The number of phenols is 2. The number of carbonyl (C=O) groups is 1. The number of aromatic hydroxyl groups is 2. The summed E-state index contributed by atoms with van der Waals surface area (Å²) in [5.74, 6) is -0.245. The van der Waals surface area contributed by atoms with Crippen molar-refractivity contribution in [1.29, 1.82) is 0 Å². The second-order valence-corrected chi connectivity index (χ2v) is 3.91. The first kappa shape index (κ1) is 12.7. The lowest BCUT2D eigenvalue weighted by Crippen LogP contribution is -2.28. The van der Waals surface area contributed by atoms with E-state index in [-0.39, 0.29) is 11.5 Å². The highest BCUT2D eigenvalue weighted by Gasteiger charge is 2.04. The second-order valence-electron chi connectivity index (χ2n) is 3.91. The molecule has 6 heteroatoms. The number of urea groups is 1. The number of hydrogen-bond donors (Lipinski definition) is 4. The third-order valence-electron chi connectivity index (χ3n) is 2.34. The number of anilines is 1. The number of phenolic OH excluding ortho intramolecular Hbond substituents is 2. The van der Waals surface area contributed by atoms with E-state index in [1.165, 1.54) is 18.2 Å². The quantitative estimate of drug-likeness (QED) is 0.676. The summed E-state index contributed by atoms with van der Waals surface area (Å²) in [4.78, 5) is 15.5. The van der Waals surface area contributed by atoms with Crippen LogP contribution in [0.4, 0.5) is 10.5 Å². The third kappa shape index (κ3) is 3.88. The monoisotopic (exact) mass is 259 g/mol. The van der Waals surface area contributed by atoms with Gasteiger partial charge in [-0.05, 0) is 11.6 Å². The van der Waals surface area contributed by atoms with Gasteiger partial charge >= 0.3 is 6.03 Å². The molecule has 0 saturated carbocycles. The maximum absolute atomic E-state index is 11.6. The zero-order valence-corrected chi connectivity index (χ0v) is 10.00. The number of hydrogen-bond acceptors (Lipinski definition) is 4. The van der Waals surface area contributed by atoms with E-state index >= 15 is 0 Å². The van der Waals surface area contributed by atoms with Crippen LogP contribution >= 0.6 is 0 Å². The van der Waals surface area contributed by atoms with Gasteiger partial charge in [-0.25, -0.2) is 4.79 Å². The molecule has 0 spiro atoms. The molecule has 98 valence electrons. The van der Waals surface area contributed by atoms with E-state index in [0.29, 0.717) is 12.2 Å². The first-order valence-electron chi connectivity index (χ1n) is 5.60. The average molecular weight is 259 g/mol. The van der Waals surface area contributed by atoms with E-state index < -0.39 is 6.03 Å². The summed E-state index contributed by atoms with van der Waals surface area (Å²) >= 11 is 0. The van der Waals surface area contributed by atoms with Crippen LogP contribution in [0.25, 0.3) is 0 Å². The highest BCUT2D eigenvalue weighted by atomic mass is 16.3. The topological polar surface area (TPSA) is 94.5 Å². The van der Waals surface area contributed by atoms with Crippen molar-refractivity contribution in [1.82, 2.24) is 10.3 Å². The standard InChI is InChI=1S/C13H13N3O3/c17-11-4-10(5-12(18)6-11)16-13(19)15-8-9-2-1-3-14-7-9/h1-7,17-18H,8H2,(H2,15,16,19). The number of nitrogens with zero attached hydrogens (tertiary/aromatic N) is 1. The summed E-state index contributed by atoms with van der Waals surface area (Å²) in [5, 5.41) is 23.7. The molecule has 0 atom stereocenters. The molecule has 1 heterocycles. The fourth-order valence-corrected chi connectivity index (χ4v) is 1.53. The summed E-state index contributed by atoms with van der Waals surface area (Å²) in [7, 11) is 0. The lowest BCUT2D eigenvalue weighted by molar-refractivity contribution is 0.251. The van der Waals surface area contributed by atoms with Crippen molar-refractivity contribution < 1.29 is 15.0 Å². The van der Waals surface area contributed by atoms with Crippen LogP contribution in [0, 0.1) is 0 Å². The Bertz CT molecular complexity index is 552. The van der Waals surface area contributed by atoms with Crippen molar-refractivity contribution in [2.24, 2.45) is 0 Å². The minimum Gasteiger partial charge on any atom is -0.508 e. The molecule has 2 aromatic rings. The maximum Gasteiger partial charge on any atom is 0.319 e. The highest BCUT2D eigenvalue weighted by molar-refractivity contribution is 5.89. The smallest absolute Gasteiger partial charge is 0.319 e. The molecule has 0 aliphatic rings. The highest BCUT2D eigenvalue weighted by Crippen LogP contribution is 2.23. The largest absolute Gasteiger partial charge is 0.508 e. The zero-order valence-electron chi connectivity index (χ0n) is 10.00. The molecule has 1 aromatic heterocycles. The minimum absolute atomic E-state index is 0.123. The van der Waals surface area contributed by atoms with Gasteiger partial charge in [0.05, 0.1) is 0 Å². The van der Waals surface area contributed by atoms with Crippen LogP contribution in [0.5, 0.6) is 11.5 Å². The van der Waals surface area contributed by atoms with E-state index in [0.717, 1.165) is 5.56 Å². The first-order valence-corrected chi connectivity index (χ1v) is 5.60. The van der Waals surface area contributed by atoms with Crippen LogP contribution in [-0.2, 0) is 6.54 Å². The van der Waals surface area contributed by atoms with Crippen LogP contribution in [0.2, 0.25) is 0 Å². The van der Waals surface area contributed by atoms with Crippen LogP contribution < -0.4 is 10.6 Å². The van der Waals surface area contributed by atoms with E-state index in [1.54, 1.807) is 18.5 Å². The summed E-state index contributed by atoms with van der Waals surface area (Å²) in [6.45, 7) is 0.338.